The first kappa shape index (κ1) is 12.7. The van der Waals surface area contributed by atoms with Crippen molar-refractivity contribution in [2.75, 3.05) is 0 Å². The van der Waals surface area contributed by atoms with Gasteiger partial charge >= 0.3 is 0 Å². The maximum absolute atomic E-state index is 13.6. The van der Waals surface area contributed by atoms with Crippen molar-refractivity contribution < 1.29 is 17.6 Å². The van der Waals surface area contributed by atoms with Crippen LogP contribution >= 0.6 is 0 Å². The molecule has 2 aromatic rings. The van der Waals surface area contributed by atoms with Crippen molar-refractivity contribution >= 4 is 0 Å². The van der Waals surface area contributed by atoms with Crippen LogP contribution in [0.25, 0.3) is 0 Å². The fourth-order valence-corrected chi connectivity index (χ4v) is 1.86. The molecule has 1 aromatic heterocycles. The molecule has 0 aliphatic heterocycles. The van der Waals surface area contributed by atoms with Gasteiger partial charge in [0.1, 0.15) is 11.6 Å². The Morgan fingerprint density at radius 2 is 1.78 bits per heavy atom. The molecule has 0 aliphatic carbocycles. The Bertz CT molecular complexity index is 565. The summed E-state index contributed by atoms with van der Waals surface area (Å²) >= 11 is 0. The van der Waals surface area contributed by atoms with Crippen molar-refractivity contribution in [3.63, 3.8) is 0 Å². The van der Waals surface area contributed by atoms with Crippen LogP contribution in [0.3, 0.4) is 0 Å². The Hall–Kier alpha value is -1.75. The summed E-state index contributed by atoms with van der Waals surface area (Å²) in [5, 5.41) is 0. The van der Waals surface area contributed by atoms with Crippen LogP contribution in [0.4, 0.5) is 13.2 Å². The van der Waals surface area contributed by atoms with Crippen LogP contribution in [0.2, 0.25) is 0 Å². The van der Waals surface area contributed by atoms with Gasteiger partial charge in [-0.3, -0.25) is 0 Å². The molecule has 0 amide bonds. The molecule has 96 valence electrons. The molecule has 1 heterocycles. The van der Waals surface area contributed by atoms with E-state index in [0.29, 0.717) is 23.8 Å². The fraction of sp³-hybridized carbons (Fsp3) is 0.231. The number of aryl methyl sites for hydroxylation is 1. The Labute approximate surface area is 102 Å². The molecule has 0 aliphatic rings. The van der Waals surface area contributed by atoms with Gasteiger partial charge in [0.25, 0.3) is 0 Å². The van der Waals surface area contributed by atoms with Crippen LogP contribution < -0.4 is 5.73 Å². The summed E-state index contributed by atoms with van der Waals surface area (Å²) in [4.78, 5) is 0. The SMILES string of the molecule is CCc1occc1C(N)c1cc(F)c(F)cc1F. The van der Waals surface area contributed by atoms with Crippen LogP contribution in [-0.2, 0) is 6.42 Å². The average Bonchev–Trinajstić information content (AvgIpc) is 2.81. The first-order valence-electron chi connectivity index (χ1n) is 5.50. The predicted octanol–water partition coefficient (Wildman–Crippen LogP) is 3.31. The Balaban J connectivity index is 2.46. The maximum atomic E-state index is 13.6. The lowest BCUT2D eigenvalue weighted by Crippen LogP contribution is -2.15. The molecule has 5 heteroatoms. The van der Waals surface area contributed by atoms with E-state index in [0.717, 1.165) is 6.07 Å². The molecule has 0 saturated heterocycles. The van der Waals surface area contributed by atoms with Gasteiger partial charge in [-0.2, -0.15) is 0 Å². The van der Waals surface area contributed by atoms with Gasteiger partial charge in [-0.15, -0.1) is 0 Å². The number of rotatable bonds is 3. The highest BCUT2D eigenvalue weighted by Crippen LogP contribution is 2.27. The van der Waals surface area contributed by atoms with Crippen molar-refractivity contribution in [2.45, 2.75) is 19.4 Å². The van der Waals surface area contributed by atoms with E-state index in [1.807, 2.05) is 6.92 Å². The van der Waals surface area contributed by atoms with Crippen molar-refractivity contribution in [3.05, 3.63) is 58.8 Å². The van der Waals surface area contributed by atoms with E-state index in [2.05, 4.69) is 0 Å². The predicted molar refractivity (Wildman–Crippen MR) is 60.4 cm³/mol. The number of furan rings is 1. The second-order valence-electron chi connectivity index (χ2n) is 3.92. The number of hydrogen-bond donors (Lipinski definition) is 1. The first-order valence-corrected chi connectivity index (χ1v) is 5.50. The minimum absolute atomic E-state index is 0.0926. The molecule has 18 heavy (non-hydrogen) atoms. The van der Waals surface area contributed by atoms with Gasteiger partial charge in [0.2, 0.25) is 0 Å². The van der Waals surface area contributed by atoms with Crippen molar-refractivity contribution in [3.8, 4) is 0 Å². The second kappa shape index (κ2) is 4.86. The minimum Gasteiger partial charge on any atom is -0.469 e. The molecule has 0 bridgehead atoms. The molecule has 0 radical (unpaired) electrons. The van der Waals surface area contributed by atoms with Gasteiger partial charge in [0, 0.05) is 23.6 Å². The van der Waals surface area contributed by atoms with Gasteiger partial charge in [-0.1, -0.05) is 6.92 Å². The summed E-state index contributed by atoms with van der Waals surface area (Å²) in [6.07, 6.45) is 2.02. The standard InChI is InChI=1S/C13H12F3NO/c1-2-12-7(3-4-18-12)13(17)8-5-10(15)11(16)6-9(8)14/h3-6,13H,2,17H2,1H3. The summed E-state index contributed by atoms with van der Waals surface area (Å²) in [5.41, 5.74) is 6.35. The maximum Gasteiger partial charge on any atom is 0.161 e. The zero-order valence-corrected chi connectivity index (χ0v) is 9.71. The number of nitrogens with two attached hydrogens (primary N) is 1. The zero-order chi connectivity index (χ0) is 13.3. The number of halogens is 3. The third kappa shape index (κ3) is 2.13. The van der Waals surface area contributed by atoms with E-state index in [-0.39, 0.29) is 5.56 Å². The normalized spacial score (nSPS) is 12.7. The van der Waals surface area contributed by atoms with E-state index in [9.17, 15) is 13.2 Å². The van der Waals surface area contributed by atoms with Crippen LogP contribution in [0, 0.1) is 17.5 Å². The van der Waals surface area contributed by atoms with Gasteiger partial charge in [-0.25, -0.2) is 13.2 Å². The first-order chi connectivity index (χ1) is 8.54. The van der Waals surface area contributed by atoms with Gasteiger partial charge in [0.15, 0.2) is 11.6 Å². The fourth-order valence-electron chi connectivity index (χ4n) is 1.86. The van der Waals surface area contributed by atoms with Crippen LogP contribution in [0.15, 0.2) is 28.9 Å². The van der Waals surface area contributed by atoms with Crippen molar-refractivity contribution in [1.29, 1.82) is 0 Å². The highest BCUT2D eigenvalue weighted by atomic mass is 19.2. The van der Waals surface area contributed by atoms with Crippen LogP contribution in [0.5, 0.6) is 0 Å². The Morgan fingerprint density at radius 3 is 2.44 bits per heavy atom. The summed E-state index contributed by atoms with van der Waals surface area (Å²) in [6, 6.07) is 2.00. The van der Waals surface area contributed by atoms with Crippen LogP contribution in [-0.4, -0.2) is 0 Å². The van der Waals surface area contributed by atoms with Gasteiger partial charge in [-0.05, 0) is 12.1 Å². The molecule has 2 N–H and O–H groups in total. The van der Waals surface area contributed by atoms with E-state index in [4.69, 9.17) is 10.2 Å². The molecule has 0 fully saturated rings. The van der Waals surface area contributed by atoms with E-state index < -0.39 is 23.5 Å². The van der Waals surface area contributed by atoms with Gasteiger partial charge < -0.3 is 10.2 Å². The lowest BCUT2D eigenvalue weighted by atomic mass is 9.98. The molecular formula is C13H12F3NO. The Morgan fingerprint density at radius 1 is 1.11 bits per heavy atom. The second-order valence-corrected chi connectivity index (χ2v) is 3.92. The number of hydrogen-bond acceptors (Lipinski definition) is 2. The lowest BCUT2D eigenvalue weighted by Gasteiger charge is -2.13. The third-order valence-corrected chi connectivity index (χ3v) is 2.81. The molecule has 2 rings (SSSR count). The third-order valence-electron chi connectivity index (χ3n) is 2.81. The Kier molecular flexibility index (Phi) is 3.43. The van der Waals surface area contributed by atoms with E-state index in [1.165, 1.54) is 6.26 Å². The molecule has 0 saturated carbocycles. The largest absolute Gasteiger partial charge is 0.469 e. The monoisotopic (exact) mass is 255 g/mol. The summed E-state index contributed by atoms with van der Waals surface area (Å²) in [7, 11) is 0. The zero-order valence-electron chi connectivity index (χ0n) is 9.71. The van der Waals surface area contributed by atoms with Crippen molar-refractivity contribution in [1.82, 2.24) is 0 Å². The quantitative estimate of drug-likeness (QED) is 0.854. The molecule has 1 unspecified atom stereocenters. The molecular weight excluding hydrogens is 243 g/mol. The van der Waals surface area contributed by atoms with Crippen molar-refractivity contribution in [2.24, 2.45) is 5.73 Å². The lowest BCUT2D eigenvalue weighted by molar-refractivity contribution is 0.485. The van der Waals surface area contributed by atoms with E-state index >= 15 is 0 Å². The molecule has 0 spiro atoms. The average molecular weight is 255 g/mol. The van der Waals surface area contributed by atoms with Crippen LogP contribution in [0.1, 0.15) is 29.9 Å². The molecule has 1 aromatic carbocycles. The summed E-state index contributed by atoms with van der Waals surface area (Å²) in [5.74, 6) is -2.62. The summed E-state index contributed by atoms with van der Waals surface area (Å²) in [6.45, 7) is 1.86. The summed E-state index contributed by atoms with van der Waals surface area (Å²) < 4.78 is 44.7. The highest BCUT2D eigenvalue weighted by molar-refractivity contribution is 5.34. The highest BCUT2D eigenvalue weighted by Gasteiger charge is 2.20. The number of benzene rings is 1. The van der Waals surface area contributed by atoms with Gasteiger partial charge in [0.05, 0.1) is 12.3 Å². The molecule has 2 nitrogen and oxygen atoms in total. The minimum atomic E-state index is -1.23. The topological polar surface area (TPSA) is 39.2 Å². The molecule has 1 atom stereocenters. The smallest absolute Gasteiger partial charge is 0.161 e. The van der Waals surface area contributed by atoms with E-state index in [1.54, 1.807) is 6.07 Å².